The van der Waals surface area contributed by atoms with E-state index in [9.17, 15) is 0 Å². The molecule has 0 saturated carbocycles. The fourth-order valence-electron chi connectivity index (χ4n) is 1.85. The number of thiophene rings is 1. The predicted octanol–water partition coefficient (Wildman–Crippen LogP) is 4.37. The minimum Gasteiger partial charge on any atom is -0.481 e. The summed E-state index contributed by atoms with van der Waals surface area (Å²) in [7, 11) is 0. The second-order valence-corrected chi connectivity index (χ2v) is 6.10. The van der Waals surface area contributed by atoms with Gasteiger partial charge in [0.1, 0.15) is 12.4 Å². The molecule has 1 atom stereocenters. The Morgan fingerprint density at radius 1 is 1.45 bits per heavy atom. The fourth-order valence-corrected chi connectivity index (χ4v) is 3.01. The van der Waals surface area contributed by atoms with Gasteiger partial charge in [-0.2, -0.15) is 11.3 Å². The van der Waals surface area contributed by atoms with Crippen LogP contribution in [0.4, 0.5) is 0 Å². The Morgan fingerprint density at radius 3 is 3.00 bits per heavy atom. The third-order valence-electron chi connectivity index (χ3n) is 2.98. The number of hydrogen-bond donors (Lipinski definition) is 1. The number of rotatable bonds is 6. The van der Waals surface area contributed by atoms with Crippen LogP contribution >= 0.6 is 27.3 Å². The minimum absolute atomic E-state index is 0.286. The van der Waals surface area contributed by atoms with Gasteiger partial charge in [0.15, 0.2) is 0 Å². The van der Waals surface area contributed by atoms with Crippen LogP contribution in [0.15, 0.2) is 39.5 Å². The van der Waals surface area contributed by atoms with Crippen molar-refractivity contribution in [3.63, 3.8) is 0 Å². The zero-order valence-electron chi connectivity index (χ0n) is 11.2. The van der Waals surface area contributed by atoms with Gasteiger partial charge in [0.2, 0.25) is 0 Å². The highest BCUT2D eigenvalue weighted by Gasteiger charge is 2.08. The van der Waals surface area contributed by atoms with Crippen molar-refractivity contribution in [1.29, 1.82) is 0 Å². The minimum atomic E-state index is 0.286. The van der Waals surface area contributed by atoms with Crippen LogP contribution in [0.5, 0.6) is 5.75 Å². The van der Waals surface area contributed by atoms with E-state index in [1.54, 1.807) is 11.3 Å². The molecule has 1 aromatic carbocycles. The third-order valence-corrected chi connectivity index (χ3v) is 4.17. The highest BCUT2D eigenvalue weighted by Crippen LogP contribution is 2.24. The highest BCUT2D eigenvalue weighted by molar-refractivity contribution is 9.10. The molecular formula is C16H16BrNOS. The molecule has 2 aromatic rings. The van der Waals surface area contributed by atoms with Gasteiger partial charge in [0.25, 0.3) is 0 Å². The average molecular weight is 350 g/mol. The van der Waals surface area contributed by atoms with Gasteiger partial charge in [0.05, 0.1) is 0 Å². The Kier molecular flexibility index (Phi) is 5.66. The topological polar surface area (TPSA) is 21.3 Å². The van der Waals surface area contributed by atoms with Crippen molar-refractivity contribution < 1.29 is 4.74 Å². The molecule has 0 saturated heterocycles. The summed E-state index contributed by atoms with van der Waals surface area (Å²) in [6.07, 6.45) is 5.24. The lowest BCUT2D eigenvalue weighted by atomic mass is 10.1. The Balaban J connectivity index is 2.04. The van der Waals surface area contributed by atoms with Gasteiger partial charge in [-0.25, -0.2) is 0 Å². The lowest BCUT2D eigenvalue weighted by Crippen LogP contribution is -2.18. The molecule has 1 unspecified atom stereocenters. The van der Waals surface area contributed by atoms with Gasteiger partial charge in [-0.3, -0.25) is 0 Å². The largest absolute Gasteiger partial charge is 0.481 e. The van der Waals surface area contributed by atoms with Gasteiger partial charge in [-0.15, -0.1) is 6.42 Å². The second-order valence-electron chi connectivity index (χ2n) is 4.40. The number of nitrogens with one attached hydrogen (secondary N) is 1. The lowest BCUT2D eigenvalue weighted by Gasteiger charge is -2.15. The summed E-state index contributed by atoms with van der Waals surface area (Å²) in [5.41, 5.74) is 2.40. The maximum Gasteiger partial charge on any atom is 0.148 e. The van der Waals surface area contributed by atoms with Crippen molar-refractivity contribution in [2.24, 2.45) is 0 Å². The molecule has 104 valence electrons. The molecule has 1 aromatic heterocycles. The maximum absolute atomic E-state index is 5.57. The quantitative estimate of drug-likeness (QED) is 0.781. The predicted molar refractivity (Wildman–Crippen MR) is 88.0 cm³/mol. The van der Waals surface area contributed by atoms with Crippen LogP contribution < -0.4 is 10.1 Å². The van der Waals surface area contributed by atoms with Crippen molar-refractivity contribution in [1.82, 2.24) is 5.32 Å². The van der Waals surface area contributed by atoms with Crippen LogP contribution in [-0.4, -0.2) is 6.61 Å². The summed E-state index contributed by atoms with van der Waals surface area (Å²) in [4.78, 5) is 0. The van der Waals surface area contributed by atoms with E-state index in [2.05, 4.69) is 57.0 Å². The fraction of sp³-hybridized carbons (Fsp3) is 0.250. The van der Waals surface area contributed by atoms with Crippen LogP contribution in [0.2, 0.25) is 0 Å². The first kappa shape index (κ1) is 15.1. The van der Waals surface area contributed by atoms with Crippen molar-refractivity contribution in [2.45, 2.75) is 19.5 Å². The highest BCUT2D eigenvalue weighted by atomic mass is 79.9. The number of hydrogen-bond acceptors (Lipinski definition) is 3. The summed E-state index contributed by atoms with van der Waals surface area (Å²) in [5.74, 6) is 3.32. The molecule has 0 radical (unpaired) electrons. The molecule has 1 heterocycles. The van der Waals surface area contributed by atoms with Gasteiger partial charge in [0, 0.05) is 22.6 Å². The Hall–Kier alpha value is -1.28. The van der Waals surface area contributed by atoms with Crippen molar-refractivity contribution >= 4 is 27.3 Å². The van der Waals surface area contributed by atoms with Gasteiger partial charge >= 0.3 is 0 Å². The van der Waals surface area contributed by atoms with Gasteiger partial charge < -0.3 is 10.1 Å². The molecule has 2 rings (SSSR count). The van der Waals surface area contributed by atoms with Crippen molar-refractivity contribution in [2.75, 3.05) is 6.61 Å². The zero-order chi connectivity index (χ0) is 14.4. The lowest BCUT2D eigenvalue weighted by molar-refractivity contribution is 0.364. The molecule has 1 N–H and O–H groups in total. The van der Waals surface area contributed by atoms with Crippen molar-refractivity contribution in [3.8, 4) is 18.1 Å². The zero-order valence-corrected chi connectivity index (χ0v) is 13.6. The Bertz CT molecular complexity index is 589. The summed E-state index contributed by atoms with van der Waals surface area (Å²) < 4.78 is 6.60. The number of ether oxygens (including phenoxy) is 1. The van der Waals surface area contributed by atoms with E-state index in [1.807, 2.05) is 12.1 Å². The summed E-state index contributed by atoms with van der Waals surface area (Å²) in [6, 6.07) is 8.39. The van der Waals surface area contributed by atoms with Crippen LogP contribution in [0.1, 0.15) is 24.1 Å². The normalized spacial score (nSPS) is 11.8. The SMILES string of the molecule is C#CCOc1ccc(Br)cc1CNC(C)c1ccsc1. The number of halogens is 1. The van der Waals surface area contributed by atoms with E-state index in [-0.39, 0.29) is 6.61 Å². The van der Waals surface area contributed by atoms with Crippen LogP contribution in [0.25, 0.3) is 0 Å². The molecular weight excluding hydrogens is 334 g/mol. The second kappa shape index (κ2) is 7.49. The standard InChI is InChI=1S/C16H16BrNOS/c1-3-7-19-16-5-4-15(17)9-14(16)10-18-12(2)13-6-8-20-11-13/h1,4-6,8-9,11-12,18H,7,10H2,2H3. The molecule has 0 aliphatic rings. The summed E-state index contributed by atoms with van der Waals surface area (Å²) in [6.45, 7) is 3.17. The van der Waals surface area contributed by atoms with E-state index < -0.39 is 0 Å². The van der Waals surface area contributed by atoms with E-state index in [4.69, 9.17) is 11.2 Å². The molecule has 0 aliphatic carbocycles. The van der Waals surface area contributed by atoms with Crippen LogP contribution in [0, 0.1) is 12.3 Å². The van der Waals surface area contributed by atoms with Crippen LogP contribution in [-0.2, 0) is 6.54 Å². The first-order chi connectivity index (χ1) is 9.70. The summed E-state index contributed by atoms with van der Waals surface area (Å²) >= 11 is 5.20. The molecule has 4 heteroatoms. The van der Waals surface area contributed by atoms with E-state index in [0.29, 0.717) is 6.04 Å². The number of terminal acetylenes is 1. The molecule has 0 fully saturated rings. The average Bonchev–Trinajstić information content (AvgIpc) is 2.98. The first-order valence-corrected chi connectivity index (χ1v) is 8.04. The molecule has 0 spiro atoms. The van der Waals surface area contributed by atoms with E-state index in [0.717, 1.165) is 22.3 Å². The van der Waals surface area contributed by atoms with E-state index in [1.165, 1.54) is 5.56 Å². The molecule has 0 bridgehead atoms. The summed E-state index contributed by atoms with van der Waals surface area (Å²) in [5, 5.41) is 7.75. The van der Waals surface area contributed by atoms with E-state index >= 15 is 0 Å². The molecule has 0 aliphatic heterocycles. The smallest absolute Gasteiger partial charge is 0.148 e. The number of benzene rings is 1. The monoisotopic (exact) mass is 349 g/mol. The first-order valence-electron chi connectivity index (χ1n) is 6.31. The third kappa shape index (κ3) is 4.11. The Labute approximate surface area is 132 Å². The maximum atomic E-state index is 5.57. The van der Waals surface area contributed by atoms with Crippen molar-refractivity contribution in [3.05, 3.63) is 50.6 Å². The van der Waals surface area contributed by atoms with Crippen LogP contribution in [0.3, 0.4) is 0 Å². The molecule has 20 heavy (non-hydrogen) atoms. The van der Waals surface area contributed by atoms with Gasteiger partial charge in [-0.1, -0.05) is 21.9 Å². The molecule has 2 nitrogen and oxygen atoms in total. The molecule has 0 amide bonds. The van der Waals surface area contributed by atoms with Gasteiger partial charge in [-0.05, 0) is 47.5 Å². The Morgan fingerprint density at radius 2 is 2.30 bits per heavy atom.